The largest absolute Gasteiger partial charge is 0.383 e. The minimum absolute atomic E-state index is 0.113. The van der Waals surface area contributed by atoms with Crippen LogP contribution in [0.25, 0.3) is 0 Å². The number of rotatable bonds is 10. The van der Waals surface area contributed by atoms with Gasteiger partial charge in [-0.15, -0.1) is 0 Å². The molecule has 0 heterocycles. The van der Waals surface area contributed by atoms with Gasteiger partial charge in [0.2, 0.25) is 0 Å². The zero-order valence-corrected chi connectivity index (χ0v) is 14.0. The Balaban J connectivity index is 4.29. The van der Waals surface area contributed by atoms with Gasteiger partial charge in [-0.3, -0.25) is 0 Å². The average molecular weight is 293 g/mol. The van der Waals surface area contributed by atoms with Gasteiger partial charge < -0.3 is 10.1 Å². The highest BCUT2D eigenvalue weighted by molar-refractivity contribution is 7.91. The van der Waals surface area contributed by atoms with E-state index in [2.05, 4.69) is 26.1 Å². The van der Waals surface area contributed by atoms with Crippen molar-refractivity contribution in [3.8, 4) is 0 Å². The summed E-state index contributed by atoms with van der Waals surface area (Å²) >= 11 is 0. The molecular formula is C14H31NO3S. The molecule has 0 aliphatic heterocycles. The van der Waals surface area contributed by atoms with E-state index in [-0.39, 0.29) is 5.41 Å². The maximum absolute atomic E-state index is 11.8. The predicted molar refractivity (Wildman–Crippen MR) is 81.3 cm³/mol. The molecule has 0 aliphatic rings. The van der Waals surface area contributed by atoms with E-state index in [4.69, 9.17) is 4.74 Å². The number of methoxy groups -OCH3 is 1. The molecule has 0 aromatic carbocycles. The first-order chi connectivity index (χ1) is 8.73. The summed E-state index contributed by atoms with van der Waals surface area (Å²) in [6, 6.07) is 0. The lowest BCUT2D eigenvalue weighted by atomic mass is 9.79. The minimum atomic E-state index is -2.87. The molecule has 0 aromatic rings. The molecule has 0 saturated heterocycles. The lowest BCUT2D eigenvalue weighted by molar-refractivity contribution is 0.185. The van der Waals surface area contributed by atoms with Gasteiger partial charge in [-0.05, 0) is 30.7 Å². The molecule has 1 unspecified atom stereocenters. The van der Waals surface area contributed by atoms with Crippen molar-refractivity contribution in [2.24, 2.45) is 11.3 Å². The summed E-state index contributed by atoms with van der Waals surface area (Å²) in [5.41, 5.74) is 0.113. The van der Waals surface area contributed by atoms with Gasteiger partial charge >= 0.3 is 0 Å². The van der Waals surface area contributed by atoms with Crippen molar-refractivity contribution in [3.63, 3.8) is 0 Å². The first-order valence-corrected chi connectivity index (χ1v) is 8.95. The van der Waals surface area contributed by atoms with Crippen LogP contribution in [0.1, 0.15) is 40.5 Å². The lowest BCUT2D eigenvalue weighted by Crippen LogP contribution is -2.34. The molecule has 0 spiro atoms. The van der Waals surface area contributed by atoms with Crippen LogP contribution in [0.4, 0.5) is 0 Å². The Morgan fingerprint density at radius 1 is 1.21 bits per heavy atom. The summed E-state index contributed by atoms with van der Waals surface area (Å²) in [6.07, 6.45) is 1.43. The average Bonchev–Trinajstić information content (AvgIpc) is 2.26. The highest BCUT2D eigenvalue weighted by atomic mass is 32.2. The Labute approximate surface area is 119 Å². The summed E-state index contributed by atoms with van der Waals surface area (Å²) < 4.78 is 28.6. The van der Waals surface area contributed by atoms with Crippen molar-refractivity contribution in [2.45, 2.75) is 40.5 Å². The van der Waals surface area contributed by atoms with Crippen LogP contribution in [0.5, 0.6) is 0 Å². The highest BCUT2D eigenvalue weighted by Crippen LogP contribution is 2.28. The van der Waals surface area contributed by atoms with Gasteiger partial charge in [0, 0.05) is 19.4 Å². The lowest BCUT2D eigenvalue weighted by Gasteiger charge is -2.31. The van der Waals surface area contributed by atoms with Gasteiger partial charge in [0.15, 0.2) is 0 Å². The van der Waals surface area contributed by atoms with Gasteiger partial charge in [-0.2, -0.15) is 0 Å². The third kappa shape index (κ3) is 9.41. The normalized spacial score (nSPS) is 14.6. The van der Waals surface area contributed by atoms with Crippen molar-refractivity contribution in [3.05, 3.63) is 0 Å². The van der Waals surface area contributed by atoms with Gasteiger partial charge in [0.25, 0.3) is 0 Å². The quantitative estimate of drug-likeness (QED) is 0.627. The number of sulfone groups is 1. The molecule has 0 saturated carbocycles. The molecule has 0 amide bonds. The Bertz CT molecular complexity index is 320. The van der Waals surface area contributed by atoms with Crippen molar-refractivity contribution in [2.75, 3.05) is 38.3 Å². The van der Waals surface area contributed by atoms with E-state index in [0.29, 0.717) is 30.5 Å². The SMILES string of the molecule is CCCS(=O)(=O)CCC(CNCCOC)C(C)(C)C. The Morgan fingerprint density at radius 2 is 1.84 bits per heavy atom. The molecule has 4 nitrogen and oxygen atoms in total. The zero-order valence-electron chi connectivity index (χ0n) is 13.2. The molecule has 0 bridgehead atoms. The summed E-state index contributed by atoms with van der Waals surface area (Å²) in [4.78, 5) is 0. The third-order valence-electron chi connectivity index (χ3n) is 3.39. The maximum Gasteiger partial charge on any atom is 0.150 e. The van der Waals surface area contributed by atoms with Gasteiger partial charge in [0.05, 0.1) is 12.4 Å². The zero-order chi connectivity index (χ0) is 14.9. The van der Waals surface area contributed by atoms with E-state index in [0.717, 1.165) is 19.5 Å². The molecule has 0 aliphatic carbocycles. The molecule has 5 heteroatoms. The molecular weight excluding hydrogens is 262 g/mol. The van der Waals surface area contributed by atoms with E-state index in [1.54, 1.807) is 7.11 Å². The van der Waals surface area contributed by atoms with E-state index in [1.807, 2.05) is 6.92 Å². The minimum Gasteiger partial charge on any atom is -0.383 e. The monoisotopic (exact) mass is 293 g/mol. The second-order valence-corrected chi connectivity index (χ2v) is 8.50. The summed E-state index contributed by atoms with van der Waals surface area (Å²) in [5, 5.41) is 3.34. The van der Waals surface area contributed by atoms with Crippen LogP contribution in [0.2, 0.25) is 0 Å². The number of hydrogen-bond acceptors (Lipinski definition) is 4. The molecule has 19 heavy (non-hydrogen) atoms. The Morgan fingerprint density at radius 3 is 2.32 bits per heavy atom. The van der Waals surface area contributed by atoms with Crippen LogP contribution in [-0.4, -0.2) is 46.7 Å². The van der Waals surface area contributed by atoms with E-state index in [9.17, 15) is 8.42 Å². The fourth-order valence-electron chi connectivity index (χ4n) is 2.03. The maximum atomic E-state index is 11.8. The fraction of sp³-hybridized carbons (Fsp3) is 1.00. The Kier molecular flexibility index (Phi) is 8.86. The van der Waals surface area contributed by atoms with E-state index >= 15 is 0 Å². The van der Waals surface area contributed by atoms with Crippen LogP contribution in [0.3, 0.4) is 0 Å². The van der Waals surface area contributed by atoms with Crippen molar-refractivity contribution in [1.82, 2.24) is 5.32 Å². The third-order valence-corrected chi connectivity index (χ3v) is 5.28. The number of ether oxygens (including phenoxy) is 1. The number of hydrogen-bond donors (Lipinski definition) is 1. The molecule has 0 rings (SSSR count). The van der Waals surface area contributed by atoms with Crippen molar-refractivity contribution >= 4 is 9.84 Å². The highest BCUT2D eigenvalue weighted by Gasteiger charge is 2.25. The molecule has 1 atom stereocenters. The second kappa shape index (κ2) is 8.93. The van der Waals surface area contributed by atoms with Crippen LogP contribution in [-0.2, 0) is 14.6 Å². The first kappa shape index (κ1) is 18.9. The molecule has 0 radical (unpaired) electrons. The van der Waals surface area contributed by atoms with Gasteiger partial charge in [-0.1, -0.05) is 27.7 Å². The summed E-state index contributed by atoms with van der Waals surface area (Å²) in [6.45, 7) is 10.8. The molecule has 0 fully saturated rings. The molecule has 0 aromatic heterocycles. The van der Waals surface area contributed by atoms with Crippen molar-refractivity contribution < 1.29 is 13.2 Å². The summed E-state index contributed by atoms with van der Waals surface area (Å²) in [7, 11) is -1.19. The standard InChI is InChI=1S/C14H31NO3S/c1-6-10-19(16,17)11-7-13(14(2,3)4)12-15-8-9-18-5/h13,15H,6-12H2,1-5H3. The first-order valence-electron chi connectivity index (χ1n) is 7.13. The van der Waals surface area contributed by atoms with Gasteiger partial charge in [0.1, 0.15) is 9.84 Å². The molecule has 1 N–H and O–H groups in total. The summed E-state index contributed by atoms with van der Waals surface area (Å²) in [5.74, 6) is 0.964. The smallest absolute Gasteiger partial charge is 0.150 e. The Hall–Kier alpha value is -0.130. The van der Waals surface area contributed by atoms with Crippen LogP contribution in [0.15, 0.2) is 0 Å². The second-order valence-electron chi connectivity index (χ2n) is 6.20. The fourth-order valence-corrected chi connectivity index (χ4v) is 3.50. The van der Waals surface area contributed by atoms with Crippen LogP contribution < -0.4 is 5.32 Å². The van der Waals surface area contributed by atoms with Crippen molar-refractivity contribution in [1.29, 1.82) is 0 Å². The molecule has 116 valence electrons. The van der Waals surface area contributed by atoms with E-state index in [1.165, 1.54) is 0 Å². The topological polar surface area (TPSA) is 55.4 Å². The number of nitrogens with one attached hydrogen (secondary N) is 1. The van der Waals surface area contributed by atoms with Crippen LogP contribution >= 0.6 is 0 Å². The van der Waals surface area contributed by atoms with E-state index < -0.39 is 9.84 Å². The van der Waals surface area contributed by atoms with Crippen LogP contribution in [0, 0.1) is 11.3 Å². The van der Waals surface area contributed by atoms with Gasteiger partial charge in [-0.25, -0.2) is 8.42 Å². The predicted octanol–water partition coefficient (Wildman–Crippen LogP) is 2.10.